The third-order valence-electron chi connectivity index (χ3n) is 5.66. The van der Waals surface area contributed by atoms with Crippen molar-refractivity contribution in [2.75, 3.05) is 4.90 Å². The lowest BCUT2D eigenvalue weighted by Crippen LogP contribution is -2.25. The second-order valence-corrected chi connectivity index (χ2v) is 7.21. The highest BCUT2D eigenvalue weighted by Gasteiger charge is 2.42. The Bertz CT molecular complexity index is 804. The Morgan fingerprint density at radius 1 is 0.917 bits per heavy atom. The quantitative estimate of drug-likeness (QED) is 0.671. The molecule has 0 aliphatic heterocycles. The highest BCUT2D eigenvalue weighted by Crippen LogP contribution is 2.53. The molecule has 1 saturated carbocycles. The molecule has 1 aromatic rings. The largest absolute Gasteiger partial charge is 0.311 e. The van der Waals surface area contributed by atoms with Gasteiger partial charge in [-0.05, 0) is 67.7 Å². The second kappa shape index (κ2) is 5.66. The molecule has 1 heteroatoms. The van der Waals surface area contributed by atoms with Gasteiger partial charge >= 0.3 is 0 Å². The average Bonchev–Trinajstić information content (AvgIpc) is 3.44. The minimum Gasteiger partial charge on any atom is -0.311 e. The van der Waals surface area contributed by atoms with Crippen LogP contribution < -0.4 is 4.90 Å². The smallest absolute Gasteiger partial charge is 0.0493 e. The van der Waals surface area contributed by atoms with Crippen LogP contribution in [0, 0.1) is 11.8 Å². The summed E-state index contributed by atoms with van der Waals surface area (Å²) in [5.41, 5.74) is 7.17. The number of para-hydroxylation sites is 1. The Labute approximate surface area is 144 Å². The van der Waals surface area contributed by atoms with Crippen molar-refractivity contribution in [1.29, 1.82) is 0 Å². The summed E-state index contributed by atoms with van der Waals surface area (Å²) < 4.78 is 0. The SMILES string of the molecule is C1=CC(N(C2=CCCC3=C2C=CC2CC32)c2ccccc2)=CCC1. The Morgan fingerprint density at radius 3 is 2.67 bits per heavy atom. The highest BCUT2D eigenvalue weighted by molar-refractivity contribution is 5.68. The number of allylic oxidation sites excluding steroid dienone is 7. The summed E-state index contributed by atoms with van der Waals surface area (Å²) in [4.78, 5) is 2.47. The lowest BCUT2D eigenvalue weighted by Gasteiger charge is -2.34. The Hall–Kier alpha value is -2.28. The van der Waals surface area contributed by atoms with Crippen molar-refractivity contribution in [3.05, 3.63) is 89.3 Å². The third kappa shape index (κ3) is 2.31. The molecule has 4 aliphatic rings. The van der Waals surface area contributed by atoms with Crippen LogP contribution in [-0.4, -0.2) is 0 Å². The first-order chi connectivity index (χ1) is 11.9. The van der Waals surface area contributed by atoms with E-state index in [0.29, 0.717) is 0 Å². The predicted molar refractivity (Wildman–Crippen MR) is 100 cm³/mol. The van der Waals surface area contributed by atoms with E-state index >= 15 is 0 Å². The van der Waals surface area contributed by atoms with E-state index in [0.717, 1.165) is 24.7 Å². The standard InChI is InChI=1S/C23H23N/c1-3-8-18(9-4-1)24(19-10-5-2-6-11-19)23-13-7-12-20-21(23)15-14-17-16-22(17)20/h1,3-5,8-11,13-15,17,22H,2,6-7,12,16H2. The molecule has 2 unspecified atom stereocenters. The summed E-state index contributed by atoms with van der Waals surface area (Å²) in [5.74, 6) is 1.67. The highest BCUT2D eigenvalue weighted by atomic mass is 15.2. The maximum absolute atomic E-state index is 2.47. The number of hydrogen-bond acceptors (Lipinski definition) is 1. The minimum atomic E-state index is 0.835. The van der Waals surface area contributed by atoms with Gasteiger partial charge in [0.1, 0.15) is 0 Å². The van der Waals surface area contributed by atoms with Crippen molar-refractivity contribution in [3.63, 3.8) is 0 Å². The lowest BCUT2D eigenvalue weighted by molar-refractivity contribution is 0.779. The molecule has 5 rings (SSSR count). The fourth-order valence-corrected chi connectivity index (χ4v) is 4.38. The monoisotopic (exact) mass is 313 g/mol. The first-order valence-corrected chi connectivity index (χ1v) is 9.25. The molecule has 0 bridgehead atoms. The van der Waals surface area contributed by atoms with Crippen LogP contribution in [-0.2, 0) is 0 Å². The van der Waals surface area contributed by atoms with E-state index in [9.17, 15) is 0 Å². The number of rotatable bonds is 3. The second-order valence-electron chi connectivity index (χ2n) is 7.21. The Kier molecular flexibility index (Phi) is 3.33. The van der Waals surface area contributed by atoms with E-state index in [2.05, 4.69) is 71.7 Å². The lowest BCUT2D eigenvalue weighted by atomic mass is 9.86. The van der Waals surface area contributed by atoms with Crippen molar-refractivity contribution in [3.8, 4) is 0 Å². The van der Waals surface area contributed by atoms with E-state index in [1.807, 2.05) is 0 Å². The number of fused-ring (bicyclic) bond motifs is 2. The summed E-state index contributed by atoms with van der Waals surface area (Å²) >= 11 is 0. The average molecular weight is 313 g/mol. The van der Waals surface area contributed by atoms with Gasteiger partial charge in [-0.15, -0.1) is 0 Å². The van der Waals surface area contributed by atoms with Crippen LogP contribution in [0.25, 0.3) is 0 Å². The van der Waals surface area contributed by atoms with Crippen LogP contribution in [0.1, 0.15) is 32.1 Å². The zero-order valence-electron chi connectivity index (χ0n) is 14.0. The topological polar surface area (TPSA) is 3.24 Å². The molecule has 0 radical (unpaired) electrons. The Morgan fingerprint density at radius 2 is 1.83 bits per heavy atom. The zero-order valence-corrected chi connectivity index (χ0v) is 14.0. The van der Waals surface area contributed by atoms with E-state index < -0.39 is 0 Å². The van der Waals surface area contributed by atoms with Gasteiger partial charge in [0.15, 0.2) is 0 Å². The van der Waals surface area contributed by atoms with Crippen LogP contribution in [0.15, 0.2) is 89.3 Å². The van der Waals surface area contributed by atoms with E-state index in [1.165, 1.54) is 41.9 Å². The van der Waals surface area contributed by atoms with Crippen LogP contribution in [0.2, 0.25) is 0 Å². The van der Waals surface area contributed by atoms with Gasteiger partial charge in [0.05, 0.1) is 0 Å². The van der Waals surface area contributed by atoms with Gasteiger partial charge in [-0.25, -0.2) is 0 Å². The minimum absolute atomic E-state index is 0.835. The zero-order chi connectivity index (χ0) is 15.9. The predicted octanol–water partition coefficient (Wildman–Crippen LogP) is 5.91. The van der Waals surface area contributed by atoms with Crippen molar-refractivity contribution in [1.82, 2.24) is 0 Å². The normalized spacial score (nSPS) is 27.2. The van der Waals surface area contributed by atoms with Crippen molar-refractivity contribution in [2.24, 2.45) is 11.8 Å². The van der Waals surface area contributed by atoms with Crippen molar-refractivity contribution >= 4 is 5.69 Å². The fourth-order valence-electron chi connectivity index (χ4n) is 4.38. The summed E-state index contributed by atoms with van der Waals surface area (Å²) in [6.07, 6.45) is 20.4. The molecule has 2 atom stereocenters. The summed E-state index contributed by atoms with van der Waals surface area (Å²) in [6, 6.07) is 10.8. The van der Waals surface area contributed by atoms with Gasteiger partial charge in [-0.2, -0.15) is 0 Å². The molecule has 0 spiro atoms. The van der Waals surface area contributed by atoms with Crippen molar-refractivity contribution < 1.29 is 0 Å². The fraction of sp³-hybridized carbons (Fsp3) is 0.304. The van der Waals surface area contributed by atoms with Crippen LogP contribution in [0.4, 0.5) is 5.69 Å². The molecule has 4 aliphatic carbocycles. The number of benzene rings is 1. The maximum Gasteiger partial charge on any atom is 0.0493 e. The molecule has 0 heterocycles. The first-order valence-electron chi connectivity index (χ1n) is 9.25. The molecule has 1 nitrogen and oxygen atoms in total. The van der Waals surface area contributed by atoms with Gasteiger partial charge in [-0.3, -0.25) is 0 Å². The molecule has 0 aromatic heterocycles. The van der Waals surface area contributed by atoms with Gasteiger partial charge < -0.3 is 4.90 Å². The van der Waals surface area contributed by atoms with Gasteiger partial charge in [0.2, 0.25) is 0 Å². The summed E-state index contributed by atoms with van der Waals surface area (Å²) in [5, 5.41) is 0. The summed E-state index contributed by atoms with van der Waals surface area (Å²) in [7, 11) is 0. The van der Waals surface area contributed by atoms with E-state index in [1.54, 1.807) is 5.57 Å². The molecule has 1 fully saturated rings. The van der Waals surface area contributed by atoms with Gasteiger partial charge in [0.25, 0.3) is 0 Å². The van der Waals surface area contributed by atoms with Gasteiger partial charge in [-0.1, -0.05) is 54.2 Å². The Balaban J connectivity index is 1.62. The molecular formula is C23H23N. The third-order valence-corrected chi connectivity index (χ3v) is 5.66. The maximum atomic E-state index is 2.47. The van der Waals surface area contributed by atoms with Crippen molar-refractivity contribution in [2.45, 2.75) is 32.1 Å². The molecule has 0 N–H and O–H groups in total. The van der Waals surface area contributed by atoms with E-state index in [4.69, 9.17) is 0 Å². The summed E-state index contributed by atoms with van der Waals surface area (Å²) in [6.45, 7) is 0. The number of anilines is 1. The molecule has 120 valence electrons. The van der Waals surface area contributed by atoms with Crippen LogP contribution in [0.3, 0.4) is 0 Å². The molecule has 1 aromatic carbocycles. The molecular weight excluding hydrogens is 290 g/mol. The van der Waals surface area contributed by atoms with Crippen LogP contribution in [0.5, 0.6) is 0 Å². The number of hydrogen-bond donors (Lipinski definition) is 0. The first kappa shape index (κ1) is 14.1. The number of nitrogens with zero attached hydrogens (tertiary/aromatic N) is 1. The molecule has 0 saturated heterocycles. The van der Waals surface area contributed by atoms with Gasteiger partial charge in [0, 0.05) is 17.1 Å². The van der Waals surface area contributed by atoms with Crippen LogP contribution >= 0.6 is 0 Å². The molecule has 24 heavy (non-hydrogen) atoms. The van der Waals surface area contributed by atoms with E-state index in [-0.39, 0.29) is 0 Å². The molecule has 0 amide bonds.